The summed E-state index contributed by atoms with van der Waals surface area (Å²) < 4.78 is 36.3. The van der Waals surface area contributed by atoms with Crippen LogP contribution >= 0.6 is 0 Å². The second-order valence-electron chi connectivity index (χ2n) is 3.54. The Morgan fingerprint density at radius 3 is 2.44 bits per heavy atom. The number of hydrogen-bond donors (Lipinski definition) is 2. The maximum atomic E-state index is 12.1. The number of pyridine rings is 1. The topological polar surface area (TPSA) is 56.3 Å². The van der Waals surface area contributed by atoms with Crippen molar-refractivity contribution in [2.24, 2.45) is 0 Å². The summed E-state index contributed by atoms with van der Waals surface area (Å²) in [6, 6.07) is 0.746. The highest BCUT2D eigenvalue weighted by Gasteiger charge is 2.28. The molecule has 1 aromatic heterocycles. The van der Waals surface area contributed by atoms with Crippen molar-refractivity contribution in [3.8, 4) is 5.75 Å². The van der Waals surface area contributed by atoms with E-state index in [-0.39, 0.29) is 11.5 Å². The molecule has 0 amide bonds. The predicted molar refractivity (Wildman–Crippen MR) is 52.8 cm³/mol. The molecule has 1 heterocycles. The van der Waals surface area contributed by atoms with E-state index < -0.39 is 23.8 Å². The number of nitrogens with zero attached hydrogens (tertiary/aromatic N) is 1. The van der Waals surface area contributed by atoms with Gasteiger partial charge in [-0.05, 0) is 0 Å². The zero-order valence-corrected chi connectivity index (χ0v) is 8.72. The number of H-pyrrole nitrogens is 1. The molecule has 4 nitrogen and oxygen atoms in total. The summed E-state index contributed by atoms with van der Waals surface area (Å²) in [6.07, 6.45) is -5.63. The van der Waals surface area contributed by atoms with Crippen LogP contribution in [0.3, 0.4) is 0 Å². The zero-order valence-electron chi connectivity index (χ0n) is 8.72. The van der Waals surface area contributed by atoms with Crippen LogP contribution in [-0.4, -0.2) is 30.4 Å². The van der Waals surface area contributed by atoms with Gasteiger partial charge in [-0.25, -0.2) is 0 Å². The van der Waals surface area contributed by atoms with Crippen LogP contribution in [0.2, 0.25) is 0 Å². The average molecular weight is 236 g/mol. The monoisotopic (exact) mass is 236 g/mol. The lowest BCUT2D eigenvalue weighted by atomic mass is 10.2. The molecule has 0 fully saturated rings. The Morgan fingerprint density at radius 2 is 2.00 bits per heavy atom. The number of halogens is 3. The first kappa shape index (κ1) is 12.4. The quantitative estimate of drug-likeness (QED) is 0.812. The molecule has 0 saturated carbocycles. The van der Waals surface area contributed by atoms with Crippen LogP contribution in [-0.2, 0) is 6.42 Å². The van der Waals surface area contributed by atoms with E-state index in [2.05, 4.69) is 4.98 Å². The lowest BCUT2D eigenvalue weighted by molar-refractivity contribution is -0.127. The van der Waals surface area contributed by atoms with Gasteiger partial charge in [-0.3, -0.25) is 4.79 Å². The second kappa shape index (κ2) is 4.07. The highest BCUT2D eigenvalue weighted by Crippen LogP contribution is 2.23. The third kappa shape index (κ3) is 2.91. The number of aromatic amines is 1. The minimum atomic E-state index is -4.40. The molecule has 0 saturated heterocycles. The molecule has 0 radical (unpaired) electrons. The van der Waals surface area contributed by atoms with E-state index in [0.717, 1.165) is 6.07 Å². The number of aromatic hydroxyl groups is 1. The van der Waals surface area contributed by atoms with Crippen molar-refractivity contribution in [2.45, 2.75) is 12.6 Å². The lowest BCUT2D eigenvalue weighted by Gasteiger charge is -2.15. The van der Waals surface area contributed by atoms with E-state index in [9.17, 15) is 23.1 Å². The summed E-state index contributed by atoms with van der Waals surface area (Å²) in [6.45, 7) is 0. The maximum absolute atomic E-state index is 12.1. The molecule has 1 rings (SSSR count). The normalized spacial score (nSPS) is 11.6. The molecule has 0 aromatic carbocycles. The van der Waals surface area contributed by atoms with Crippen LogP contribution in [0.15, 0.2) is 10.9 Å². The van der Waals surface area contributed by atoms with E-state index >= 15 is 0 Å². The van der Waals surface area contributed by atoms with Gasteiger partial charge in [-0.15, -0.1) is 0 Å². The second-order valence-corrected chi connectivity index (χ2v) is 3.54. The Hall–Kier alpha value is -1.66. The molecular weight excluding hydrogens is 225 g/mol. The van der Waals surface area contributed by atoms with Gasteiger partial charge in [0, 0.05) is 25.9 Å². The van der Waals surface area contributed by atoms with Crippen molar-refractivity contribution in [1.29, 1.82) is 0 Å². The van der Waals surface area contributed by atoms with Crippen LogP contribution in [0.4, 0.5) is 19.0 Å². The van der Waals surface area contributed by atoms with Gasteiger partial charge in [-0.1, -0.05) is 0 Å². The van der Waals surface area contributed by atoms with Crippen LogP contribution in [0, 0.1) is 0 Å². The first-order valence-electron chi connectivity index (χ1n) is 4.40. The average Bonchev–Trinajstić information content (AvgIpc) is 2.07. The molecule has 0 aliphatic carbocycles. The Kier molecular flexibility index (Phi) is 3.16. The van der Waals surface area contributed by atoms with Gasteiger partial charge in [0.15, 0.2) is 5.82 Å². The molecular formula is C9H11F3N2O2. The van der Waals surface area contributed by atoms with E-state index in [4.69, 9.17) is 0 Å². The fraction of sp³-hybridized carbons (Fsp3) is 0.444. The van der Waals surface area contributed by atoms with Crippen molar-refractivity contribution < 1.29 is 18.3 Å². The molecule has 1 aromatic rings. The summed E-state index contributed by atoms with van der Waals surface area (Å²) in [5, 5.41) is 9.32. The minimum absolute atomic E-state index is 0.0354. The van der Waals surface area contributed by atoms with Crippen LogP contribution in [0.5, 0.6) is 5.75 Å². The van der Waals surface area contributed by atoms with Gasteiger partial charge in [0.25, 0.3) is 0 Å². The SMILES string of the molecule is CN(C)c1[nH]c(CC(F)(F)F)cc(=O)c1O. The highest BCUT2D eigenvalue weighted by molar-refractivity contribution is 5.50. The van der Waals surface area contributed by atoms with Crippen molar-refractivity contribution >= 4 is 5.82 Å². The largest absolute Gasteiger partial charge is 0.502 e. The number of nitrogens with one attached hydrogen (secondary N) is 1. The Balaban J connectivity index is 3.20. The van der Waals surface area contributed by atoms with Crippen LogP contribution < -0.4 is 10.3 Å². The smallest absolute Gasteiger partial charge is 0.394 e. The Labute approximate surface area is 89.3 Å². The van der Waals surface area contributed by atoms with Crippen molar-refractivity contribution in [3.05, 3.63) is 22.0 Å². The van der Waals surface area contributed by atoms with E-state index in [0.29, 0.717) is 0 Å². The fourth-order valence-electron chi connectivity index (χ4n) is 1.23. The number of rotatable bonds is 2. The molecule has 0 aliphatic heterocycles. The van der Waals surface area contributed by atoms with Crippen molar-refractivity contribution in [2.75, 3.05) is 19.0 Å². The summed E-state index contributed by atoms with van der Waals surface area (Å²) in [7, 11) is 3.00. The predicted octanol–water partition coefficient (Wildman–Crippen LogP) is 1.25. The van der Waals surface area contributed by atoms with Crippen LogP contribution in [0.1, 0.15) is 5.69 Å². The van der Waals surface area contributed by atoms with Gasteiger partial charge in [0.05, 0.1) is 6.42 Å². The number of alkyl halides is 3. The van der Waals surface area contributed by atoms with Crippen LogP contribution in [0.25, 0.3) is 0 Å². The summed E-state index contributed by atoms with van der Waals surface area (Å²) in [5.41, 5.74) is -1.11. The van der Waals surface area contributed by atoms with Crippen molar-refractivity contribution in [3.63, 3.8) is 0 Å². The number of aromatic nitrogens is 1. The molecule has 2 N–H and O–H groups in total. The minimum Gasteiger partial charge on any atom is -0.502 e. The Bertz CT molecular complexity index is 437. The molecule has 0 spiro atoms. The summed E-state index contributed by atoms with van der Waals surface area (Å²) >= 11 is 0. The number of hydrogen-bond acceptors (Lipinski definition) is 3. The van der Waals surface area contributed by atoms with Gasteiger partial charge in [0.1, 0.15) is 0 Å². The summed E-state index contributed by atoms with van der Waals surface area (Å²) in [4.78, 5) is 14.9. The molecule has 90 valence electrons. The molecule has 16 heavy (non-hydrogen) atoms. The molecule has 7 heteroatoms. The third-order valence-electron chi connectivity index (χ3n) is 1.88. The molecule has 0 unspecified atom stereocenters. The van der Waals surface area contributed by atoms with E-state index in [1.807, 2.05) is 0 Å². The first-order chi connectivity index (χ1) is 7.20. The third-order valence-corrected chi connectivity index (χ3v) is 1.88. The summed E-state index contributed by atoms with van der Waals surface area (Å²) in [5.74, 6) is -0.623. The lowest BCUT2D eigenvalue weighted by Crippen LogP contribution is -2.19. The molecule has 0 aliphatic rings. The fourth-order valence-corrected chi connectivity index (χ4v) is 1.23. The first-order valence-corrected chi connectivity index (χ1v) is 4.40. The Morgan fingerprint density at radius 1 is 1.44 bits per heavy atom. The molecule has 0 bridgehead atoms. The van der Waals surface area contributed by atoms with E-state index in [1.165, 1.54) is 19.0 Å². The van der Waals surface area contributed by atoms with Gasteiger partial charge < -0.3 is 15.0 Å². The maximum Gasteiger partial charge on any atom is 0.394 e. The molecule has 0 atom stereocenters. The van der Waals surface area contributed by atoms with Crippen molar-refractivity contribution in [1.82, 2.24) is 4.98 Å². The number of anilines is 1. The highest BCUT2D eigenvalue weighted by atomic mass is 19.4. The van der Waals surface area contributed by atoms with Gasteiger partial charge in [0.2, 0.25) is 11.2 Å². The standard InChI is InChI=1S/C9H11F3N2O2/c1-14(2)8-7(16)6(15)3-5(13-8)4-9(10,11)12/h3,16H,4H2,1-2H3,(H,13,15). The van der Waals surface area contributed by atoms with Gasteiger partial charge in [-0.2, -0.15) is 13.2 Å². The van der Waals surface area contributed by atoms with Gasteiger partial charge >= 0.3 is 6.18 Å². The van der Waals surface area contributed by atoms with E-state index in [1.54, 1.807) is 0 Å². The zero-order chi connectivity index (χ0) is 12.5.